The molecule has 4 bridgehead atoms. The molecule has 1 saturated heterocycles. The maximum Gasteiger partial charge on any atom is 0.320 e. The minimum atomic E-state index is -0.489. The number of esters is 3. The predicted molar refractivity (Wildman–Crippen MR) is 147 cm³/mol. The third-order valence-corrected chi connectivity index (χ3v) is 13.4. The van der Waals surface area contributed by atoms with Crippen molar-refractivity contribution < 1.29 is 23.9 Å². The predicted octanol–water partition coefficient (Wildman–Crippen LogP) is 6.82. The SMILES string of the molecule is CCCC1CC(CCC2CC(C)C3C4CC(C23)C2(CC(=O)OC2=O)C4)C2C3CC(C(=O)OC(C)(C)C)C(C3)C12. The molecule has 1 heterocycles. The average molecular weight is 539 g/mol. The molecule has 216 valence electrons. The van der Waals surface area contributed by atoms with Crippen LogP contribution in [0.1, 0.15) is 105 Å². The summed E-state index contributed by atoms with van der Waals surface area (Å²) in [4.78, 5) is 38.2. The van der Waals surface area contributed by atoms with E-state index in [1.807, 2.05) is 20.8 Å². The maximum absolute atomic E-state index is 13.2. The Morgan fingerprint density at radius 1 is 0.897 bits per heavy atom. The summed E-state index contributed by atoms with van der Waals surface area (Å²) in [5.41, 5.74) is -0.895. The summed E-state index contributed by atoms with van der Waals surface area (Å²) in [5, 5.41) is 0. The van der Waals surface area contributed by atoms with Crippen molar-refractivity contribution in [3.05, 3.63) is 0 Å². The summed E-state index contributed by atoms with van der Waals surface area (Å²) in [5.74, 6) is 7.76. The van der Waals surface area contributed by atoms with E-state index in [4.69, 9.17) is 9.47 Å². The Balaban J connectivity index is 1.05. The van der Waals surface area contributed by atoms with E-state index in [-0.39, 0.29) is 23.8 Å². The molecule has 7 rings (SSSR count). The second kappa shape index (κ2) is 9.05. The summed E-state index contributed by atoms with van der Waals surface area (Å²) in [6, 6.07) is 0. The van der Waals surface area contributed by atoms with Gasteiger partial charge in [-0.15, -0.1) is 0 Å². The van der Waals surface area contributed by atoms with E-state index in [1.165, 1.54) is 44.9 Å². The topological polar surface area (TPSA) is 69.7 Å². The van der Waals surface area contributed by atoms with Gasteiger partial charge in [-0.2, -0.15) is 0 Å². The van der Waals surface area contributed by atoms with E-state index in [2.05, 4.69) is 13.8 Å². The Morgan fingerprint density at radius 3 is 2.28 bits per heavy atom. The van der Waals surface area contributed by atoms with Crippen LogP contribution in [0.15, 0.2) is 0 Å². The lowest BCUT2D eigenvalue weighted by Gasteiger charge is -2.40. The lowest BCUT2D eigenvalue weighted by Crippen LogP contribution is -2.41. The molecule has 1 aliphatic heterocycles. The Bertz CT molecular complexity index is 1040. The fraction of sp³-hybridized carbons (Fsp3) is 0.912. The maximum atomic E-state index is 13.2. The quantitative estimate of drug-likeness (QED) is 0.274. The van der Waals surface area contributed by atoms with Gasteiger partial charge in [-0.1, -0.05) is 26.7 Å². The standard InChI is InChI=1S/C34H50O5/c1-6-7-18-11-20(28-21-12-23(29(18)28)24(13-21)31(36)39-33(3,4)5)9-8-19-10-17(2)27-22-14-25(30(19)27)34(15-22)16-26(35)38-32(34)37/h17-25,27-30H,6-16H2,1-5H3. The third-order valence-electron chi connectivity index (χ3n) is 13.4. The van der Waals surface area contributed by atoms with Crippen molar-refractivity contribution in [1.29, 1.82) is 0 Å². The van der Waals surface area contributed by atoms with Crippen LogP contribution in [0.2, 0.25) is 0 Å². The molecule has 0 aromatic heterocycles. The molecule has 7 fully saturated rings. The first kappa shape index (κ1) is 26.5. The van der Waals surface area contributed by atoms with Crippen LogP contribution in [-0.4, -0.2) is 23.5 Å². The Labute approximate surface area is 234 Å². The van der Waals surface area contributed by atoms with Crippen molar-refractivity contribution in [3.8, 4) is 0 Å². The molecule has 5 nitrogen and oxygen atoms in total. The van der Waals surface area contributed by atoms with Crippen LogP contribution in [0.3, 0.4) is 0 Å². The minimum Gasteiger partial charge on any atom is -0.460 e. The highest BCUT2D eigenvalue weighted by Crippen LogP contribution is 2.72. The van der Waals surface area contributed by atoms with E-state index >= 15 is 0 Å². The van der Waals surface area contributed by atoms with E-state index in [0.717, 1.165) is 48.9 Å². The molecule has 39 heavy (non-hydrogen) atoms. The number of hydrogen-bond acceptors (Lipinski definition) is 5. The highest BCUT2D eigenvalue weighted by atomic mass is 16.6. The number of fused-ring (bicyclic) bond motifs is 11. The molecule has 0 aromatic carbocycles. The Hall–Kier alpha value is -1.39. The number of hydrogen-bond donors (Lipinski definition) is 0. The summed E-state index contributed by atoms with van der Waals surface area (Å²) < 4.78 is 11.1. The summed E-state index contributed by atoms with van der Waals surface area (Å²) in [6.07, 6.45) is 12.4. The van der Waals surface area contributed by atoms with Crippen LogP contribution < -0.4 is 0 Å². The lowest BCUT2D eigenvalue weighted by atomic mass is 9.62. The monoisotopic (exact) mass is 538 g/mol. The fourth-order valence-electron chi connectivity index (χ4n) is 12.8. The van der Waals surface area contributed by atoms with E-state index < -0.39 is 11.0 Å². The van der Waals surface area contributed by atoms with Gasteiger partial charge >= 0.3 is 17.9 Å². The van der Waals surface area contributed by atoms with Gasteiger partial charge in [-0.05, 0) is 143 Å². The van der Waals surface area contributed by atoms with Gasteiger partial charge in [-0.25, -0.2) is 0 Å². The van der Waals surface area contributed by atoms with Gasteiger partial charge < -0.3 is 9.47 Å². The van der Waals surface area contributed by atoms with Crippen LogP contribution in [0, 0.1) is 82.3 Å². The second-order valence-corrected chi connectivity index (χ2v) is 16.3. The largest absolute Gasteiger partial charge is 0.460 e. The summed E-state index contributed by atoms with van der Waals surface area (Å²) >= 11 is 0. The van der Waals surface area contributed by atoms with Crippen molar-refractivity contribution in [2.24, 2.45) is 82.3 Å². The average Bonchev–Trinajstić information content (AvgIpc) is 3.67. The zero-order chi connectivity index (χ0) is 27.4. The van der Waals surface area contributed by atoms with Crippen molar-refractivity contribution in [3.63, 3.8) is 0 Å². The first-order valence-electron chi connectivity index (χ1n) is 16.5. The number of rotatable bonds is 6. The van der Waals surface area contributed by atoms with E-state index in [1.54, 1.807) is 0 Å². The van der Waals surface area contributed by atoms with Gasteiger partial charge in [0, 0.05) is 0 Å². The van der Waals surface area contributed by atoms with Gasteiger partial charge in [0.2, 0.25) is 0 Å². The van der Waals surface area contributed by atoms with Gasteiger partial charge in [0.15, 0.2) is 0 Å². The van der Waals surface area contributed by atoms with Gasteiger partial charge in [-0.3, -0.25) is 14.4 Å². The molecule has 6 saturated carbocycles. The van der Waals surface area contributed by atoms with Gasteiger partial charge in [0.05, 0.1) is 17.8 Å². The zero-order valence-corrected chi connectivity index (χ0v) is 24.8. The zero-order valence-electron chi connectivity index (χ0n) is 24.8. The van der Waals surface area contributed by atoms with Crippen molar-refractivity contribution >= 4 is 17.9 Å². The van der Waals surface area contributed by atoms with Crippen molar-refractivity contribution in [2.45, 2.75) is 111 Å². The highest BCUT2D eigenvalue weighted by molar-refractivity contribution is 5.98. The molecule has 0 radical (unpaired) electrons. The number of cyclic esters (lactones) is 2. The number of ether oxygens (including phenoxy) is 2. The van der Waals surface area contributed by atoms with E-state index in [9.17, 15) is 14.4 Å². The Morgan fingerprint density at radius 2 is 1.62 bits per heavy atom. The molecule has 0 N–H and O–H groups in total. The highest BCUT2D eigenvalue weighted by Gasteiger charge is 2.70. The lowest BCUT2D eigenvalue weighted by molar-refractivity contribution is -0.163. The summed E-state index contributed by atoms with van der Waals surface area (Å²) in [6.45, 7) is 10.8. The molecule has 14 atom stereocenters. The first-order valence-corrected chi connectivity index (χ1v) is 16.5. The molecule has 6 aliphatic carbocycles. The molecule has 0 amide bonds. The van der Waals surface area contributed by atoms with Crippen LogP contribution in [-0.2, 0) is 23.9 Å². The smallest absolute Gasteiger partial charge is 0.320 e. The fourth-order valence-corrected chi connectivity index (χ4v) is 12.8. The second-order valence-electron chi connectivity index (χ2n) is 16.3. The molecule has 1 spiro atoms. The molecule has 7 aliphatic rings. The Kier molecular flexibility index (Phi) is 6.15. The van der Waals surface area contributed by atoms with E-state index in [0.29, 0.717) is 47.8 Å². The first-order chi connectivity index (χ1) is 18.5. The number of carbonyl (C=O) groups excluding carboxylic acids is 3. The van der Waals surface area contributed by atoms with Crippen LogP contribution >= 0.6 is 0 Å². The van der Waals surface area contributed by atoms with Crippen molar-refractivity contribution in [2.75, 3.05) is 0 Å². The molecular weight excluding hydrogens is 488 g/mol. The molecule has 0 aromatic rings. The molecular formula is C34H50O5. The normalized spacial score (nSPS) is 51.2. The van der Waals surface area contributed by atoms with Gasteiger partial charge in [0.1, 0.15) is 5.60 Å². The van der Waals surface area contributed by atoms with Crippen LogP contribution in [0.4, 0.5) is 0 Å². The van der Waals surface area contributed by atoms with Gasteiger partial charge in [0.25, 0.3) is 0 Å². The summed E-state index contributed by atoms with van der Waals surface area (Å²) in [7, 11) is 0. The van der Waals surface area contributed by atoms with Crippen molar-refractivity contribution in [1.82, 2.24) is 0 Å². The van der Waals surface area contributed by atoms with Crippen LogP contribution in [0.25, 0.3) is 0 Å². The third kappa shape index (κ3) is 3.93. The molecule has 5 heteroatoms. The molecule has 14 unspecified atom stereocenters. The number of carbonyl (C=O) groups is 3. The minimum absolute atomic E-state index is 0.0623. The van der Waals surface area contributed by atoms with Crippen LogP contribution in [0.5, 0.6) is 0 Å².